The van der Waals surface area contributed by atoms with Gasteiger partial charge in [0.05, 0.1) is 17.4 Å². The lowest BCUT2D eigenvalue weighted by atomic mass is 10.1. The van der Waals surface area contributed by atoms with E-state index in [0.717, 1.165) is 71.5 Å². The fourth-order valence-corrected chi connectivity index (χ4v) is 5.90. The van der Waals surface area contributed by atoms with Crippen molar-refractivity contribution in [2.24, 2.45) is 0 Å². The van der Waals surface area contributed by atoms with Crippen molar-refractivity contribution in [3.63, 3.8) is 0 Å². The van der Waals surface area contributed by atoms with Crippen LogP contribution >= 0.6 is 0 Å². The average Bonchev–Trinajstić information content (AvgIpc) is 3.78. The second-order valence-electron chi connectivity index (χ2n) is 11.6. The van der Waals surface area contributed by atoms with Crippen molar-refractivity contribution in [3.05, 3.63) is 67.3 Å². The lowest BCUT2D eigenvalue weighted by Crippen LogP contribution is -2.48. The lowest BCUT2D eigenvalue weighted by molar-refractivity contribution is -0.200. The molecule has 2 saturated heterocycles. The summed E-state index contributed by atoms with van der Waals surface area (Å²) in [5.74, 6) is 0.512. The Hall–Kier alpha value is -5.01. The van der Waals surface area contributed by atoms with Gasteiger partial charge in [0.2, 0.25) is 11.8 Å². The number of benzene rings is 2. The molecule has 1 unspecified atom stereocenters. The quantitative estimate of drug-likeness (QED) is 0.193. The van der Waals surface area contributed by atoms with Crippen LogP contribution in [-0.2, 0) is 19.2 Å². The van der Waals surface area contributed by atoms with Gasteiger partial charge in [-0.3, -0.25) is 14.7 Å². The number of carbonyl (C=O) groups is 2. The van der Waals surface area contributed by atoms with E-state index < -0.39 is 0 Å². The number of nitrogens with one attached hydrogen (secondary N) is 3. The monoisotopic (exact) mass is 623 g/mol. The Morgan fingerprint density at radius 2 is 1.91 bits per heavy atom. The molecule has 3 aromatic heterocycles. The van der Waals surface area contributed by atoms with Crippen molar-refractivity contribution in [1.29, 1.82) is 0 Å². The molecule has 0 radical (unpaired) electrons. The van der Waals surface area contributed by atoms with E-state index in [-0.39, 0.29) is 24.5 Å². The molecule has 3 N–H and O–H groups in total. The maximum atomic E-state index is 12.8. The number of imidazole rings is 1. The van der Waals surface area contributed by atoms with Crippen molar-refractivity contribution in [1.82, 2.24) is 34.9 Å². The molecular formula is C33H37N9O4. The van der Waals surface area contributed by atoms with E-state index in [1.54, 1.807) is 12.4 Å². The van der Waals surface area contributed by atoms with Crippen LogP contribution < -0.4 is 15.7 Å². The number of ether oxygens (including phenoxy) is 1. The zero-order valence-electron chi connectivity index (χ0n) is 25.5. The molecule has 5 heterocycles. The number of hydroxylamine groups is 1. The van der Waals surface area contributed by atoms with Crippen molar-refractivity contribution in [2.75, 3.05) is 43.0 Å². The molecule has 0 aliphatic carbocycles. The Kier molecular flexibility index (Phi) is 8.74. The summed E-state index contributed by atoms with van der Waals surface area (Å²) in [6.07, 6.45) is 11.0. The molecule has 46 heavy (non-hydrogen) atoms. The fourth-order valence-electron chi connectivity index (χ4n) is 5.90. The predicted molar refractivity (Wildman–Crippen MR) is 173 cm³/mol. The lowest BCUT2D eigenvalue weighted by Gasteiger charge is -2.36. The predicted octanol–water partition coefficient (Wildman–Crippen LogP) is 4.41. The van der Waals surface area contributed by atoms with E-state index in [2.05, 4.69) is 43.0 Å². The van der Waals surface area contributed by atoms with Crippen LogP contribution in [0.1, 0.15) is 38.5 Å². The third-order valence-corrected chi connectivity index (χ3v) is 8.48. The topological polar surface area (TPSA) is 142 Å². The number of H-pyrrole nitrogens is 1. The minimum Gasteiger partial charge on any atom is -0.368 e. The summed E-state index contributed by atoms with van der Waals surface area (Å²) >= 11 is 0. The van der Waals surface area contributed by atoms with E-state index in [1.807, 2.05) is 52.0 Å². The number of carbonyl (C=O) groups excluding carboxylic acids is 2. The molecule has 0 spiro atoms. The third-order valence-electron chi connectivity index (χ3n) is 8.48. The summed E-state index contributed by atoms with van der Waals surface area (Å²) in [6, 6.07) is 14.3. The molecule has 2 amide bonds. The summed E-state index contributed by atoms with van der Waals surface area (Å²) in [4.78, 5) is 43.8. The first-order chi connectivity index (χ1) is 22.6. The number of aromatic amines is 1. The highest BCUT2D eigenvalue weighted by Crippen LogP contribution is 2.28. The molecule has 13 heteroatoms. The molecule has 2 fully saturated rings. The van der Waals surface area contributed by atoms with E-state index in [0.29, 0.717) is 38.4 Å². The average molecular weight is 624 g/mol. The second kappa shape index (κ2) is 13.5. The molecule has 7 rings (SSSR count). The Balaban J connectivity index is 0.905. The molecule has 5 aromatic rings. The van der Waals surface area contributed by atoms with Crippen molar-refractivity contribution in [2.45, 2.75) is 44.8 Å². The van der Waals surface area contributed by atoms with Crippen LogP contribution in [0.5, 0.6) is 0 Å². The van der Waals surface area contributed by atoms with Gasteiger partial charge in [-0.15, -0.1) is 0 Å². The number of hydrogen-bond donors (Lipinski definition) is 3. The minimum absolute atomic E-state index is 0.0769. The standard InChI is InChI=1S/C33H37N9O4/c43-29(39-46-31-6-1-2-19-45-31)4-3-5-30(44)41-17-15-40(16-18-41)26-11-9-25(10-12-26)36-32-33-34-13-14-42(33)22-28(37-32)23-7-8-24-21-35-38-27(24)20-23/h7-14,20-22,31H,1-6,15-19H2,(H,35,38)(H,36,37)(H,39,43). The van der Waals surface area contributed by atoms with Crippen LogP contribution in [0.4, 0.5) is 17.2 Å². The SMILES string of the molecule is O=C(CCCC(=O)N1CCN(c2ccc(Nc3nc(-c4ccc5cn[nH]c5c4)cn4ccnc34)cc2)CC1)NOC1CCCCO1. The van der Waals surface area contributed by atoms with Gasteiger partial charge >= 0.3 is 0 Å². The van der Waals surface area contributed by atoms with Gasteiger partial charge in [0, 0.05) is 93.0 Å². The number of nitrogens with zero attached hydrogens (tertiary/aromatic N) is 6. The van der Waals surface area contributed by atoms with Crippen LogP contribution in [0.3, 0.4) is 0 Å². The van der Waals surface area contributed by atoms with Crippen molar-refractivity contribution in [3.8, 4) is 11.3 Å². The smallest absolute Gasteiger partial charge is 0.243 e. The molecular weight excluding hydrogens is 586 g/mol. The highest BCUT2D eigenvalue weighted by molar-refractivity contribution is 5.84. The van der Waals surface area contributed by atoms with Crippen molar-refractivity contribution >= 4 is 45.6 Å². The fraction of sp³-hybridized carbons (Fsp3) is 0.364. The highest BCUT2D eigenvalue weighted by Gasteiger charge is 2.22. The van der Waals surface area contributed by atoms with Crippen LogP contribution in [0.2, 0.25) is 0 Å². The largest absolute Gasteiger partial charge is 0.368 e. The Bertz CT molecular complexity index is 1810. The summed E-state index contributed by atoms with van der Waals surface area (Å²) in [7, 11) is 0. The molecule has 238 valence electrons. The Labute approximate surface area is 265 Å². The molecule has 1 atom stereocenters. The van der Waals surface area contributed by atoms with E-state index in [1.165, 1.54) is 0 Å². The number of amides is 2. The van der Waals surface area contributed by atoms with E-state index in [4.69, 9.17) is 14.6 Å². The number of hydrogen-bond acceptors (Lipinski definition) is 9. The number of rotatable bonds is 10. The molecule has 13 nitrogen and oxygen atoms in total. The van der Waals surface area contributed by atoms with Gasteiger partial charge in [0.25, 0.3) is 0 Å². The first kappa shape index (κ1) is 29.7. The first-order valence-electron chi connectivity index (χ1n) is 15.8. The maximum Gasteiger partial charge on any atom is 0.243 e. The van der Waals surface area contributed by atoms with Crippen LogP contribution in [0.15, 0.2) is 67.3 Å². The molecule has 2 aromatic carbocycles. The van der Waals surface area contributed by atoms with Gasteiger partial charge < -0.3 is 24.3 Å². The van der Waals surface area contributed by atoms with Crippen LogP contribution in [0, 0.1) is 0 Å². The first-order valence-corrected chi connectivity index (χ1v) is 15.8. The Morgan fingerprint density at radius 3 is 2.74 bits per heavy atom. The second-order valence-corrected chi connectivity index (χ2v) is 11.6. The van der Waals surface area contributed by atoms with Gasteiger partial charge in [-0.2, -0.15) is 5.10 Å². The number of piperazine rings is 1. The number of anilines is 3. The van der Waals surface area contributed by atoms with E-state index in [9.17, 15) is 9.59 Å². The zero-order chi connectivity index (χ0) is 31.3. The van der Waals surface area contributed by atoms with E-state index >= 15 is 0 Å². The minimum atomic E-state index is -0.375. The zero-order valence-corrected chi connectivity index (χ0v) is 25.5. The van der Waals surface area contributed by atoms with Gasteiger partial charge in [-0.05, 0) is 49.6 Å². The van der Waals surface area contributed by atoms with Crippen molar-refractivity contribution < 1.29 is 19.2 Å². The van der Waals surface area contributed by atoms with Gasteiger partial charge in [-0.1, -0.05) is 12.1 Å². The molecule has 2 aliphatic rings. The molecule has 0 bridgehead atoms. The number of fused-ring (bicyclic) bond motifs is 2. The summed E-state index contributed by atoms with van der Waals surface area (Å²) < 4.78 is 7.41. The Morgan fingerprint density at radius 1 is 1.04 bits per heavy atom. The number of aromatic nitrogens is 5. The molecule has 2 aliphatic heterocycles. The molecule has 0 saturated carbocycles. The summed E-state index contributed by atoms with van der Waals surface area (Å²) in [5, 5.41) is 11.6. The van der Waals surface area contributed by atoms with Gasteiger partial charge in [0.1, 0.15) is 0 Å². The van der Waals surface area contributed by atoms with Gasteiger partial charge in [-0.25, -0.2) is 20.3 Å². The third kappa shape index (κ3) is 6.80. The maximum absolute atomic E-state index is 12.8. The highest BCUT2D eigenvalue weighted by atomic mass is 16.8. The summed E-state index contributed by atoms with van der Waals surface area (Å²) in [5.41, 5.74) is 7.93. The van der Waals surface area contributed by atoms with Crippen LogP contribution in [-0.4, -0.2) is 80.4 Å². The van der Waals surface area contributed by atoms with Gasteiger partial charge in [0.15, 0.2) is 17.8 Å². The van der Waals surface area contributed by atoms with Crippen LogP contribution in [0.25, 0.3) is 27.8 Å². The normalized spacial score (nSPS) is 17.0. The summed E-state index contributed by atoms with van der Waals surface area (Å²) in [6.45, 7) is 3.43.